The van der Waals surface area contributed by atoms with Crippen molar-refractivity contribution >= 4 is 5.65 Å². The minimum Gasteiger partial charge on any atom is -0.317 e. The van der Waals surface area contributed by atoms with E-state index in [1.54, 1.807) is 4.52 Å². The molecule has 1 aliphatic rings. The van der Waals surface area contributed by atoms with Crippen molar-refractivity contribution in [3.63, 3.8) is 0 Å². The summed E-state index contributed by atoms with van der Waals surface area (Å²) in [5.41, 5.74) is 2.70. The highest BCUT2D eigenvalue weighted by molar-refractivity contribution is 5.43. The first-order valence-corrected chi connectivity index (χ1v) is 7.02. The maximum absolute atomic E-state index is 12.4. The molecule has 5 heteroatoms. The Balaban J connectivity index is 2.10. The van der Waals surface area contributed by atoms with E-state index in [1.807, 2.05) is 19.9 Å². The lowest BCUT2D eigenvalue weighted by Gasteiger charge is -2.19. The number of aryl methyl sites for hydroxylation is 1. The largest absolute Gasteiger partial charge is 0.317 e. The number of aromatic amines is 1. The molecule has 0 saturated carbocycles. The van der Waals surface area contributed by atoms with E-state index in [1.165, 1.54) is 0 Å². The van der Waals surface area contributed by atoms with Gasteiger partial charge in [0.15, 0.2) is 5.65 Å². The zero-order valence-corrected chi connectivity index (χ0v) is 11.5. The maximum atomic E-state index is 12.4. The molecule has 0 aliphatic carbocycles. The molecule has 3 heterocycles. The van der Waals surface area contributed by atoms with Crippen LogP contribution < -0.4 is 10.9 Å². The molecule has 0 aromatic carbocycles. The lowest BCUT2D eigenvalue weighted by atomic mass is 9.98. The SMILES string of the molecule is CCc1c(C)cc2nc(C3CCNCC3)[nH]n2c1=O. The first kappa shape index (κ1) is 12.4. The van der Waals surface area contributed by atoms with Gasteiger partial charge in [0.25, 0.3) is 5.56 Å². The van der Waals surface area contributed by atoms with Crippen LogP contribution in [0.4, 0.5) is 0 Å². The number of rotatable bonds is 2. The summed E-state index contributed by atoms with van der Waals surface area (Å²) >= 11 is 0. The first-order chi connectivity index (χ1) is 9.20. The van der Waals surface area contributed by atoms with Crippen molar-refractivity contribution in [3.8, 4) is 0 Å². The molecule has 3 rings (SSSR count). The van der Waals surface area contributed by atoms with Crippen molar-refractivity contribution < 1.29 is 0 Å². The van der Waals surface area contributed by atoms with E-state index in [2.05, 4.69) is 15.4 Å². The minimum absolute atomic E-state index is 0.0465. The molecule has 1 aliphatic heterocycles. The quantitative estimate of drug-likeness (QED) is 0.857. The molecule has 0 amide bonds. The standard InChI is InChI=1S/C14H20N4O/c1-3-11-9(2)8-12-16-13(17-18(12)14(11)19)10-4-6-15-7-5-10/h8,10,15H,3-7H2,1-2H3,(H,16,17). The number of nitrogens with zero attached hydrogens (tertiary/aromatic N) is 2. The average Bonchev–Trinajstić information content (AvgIpc) is 2.84. The van der Waals surface area contributed by atoms with Crippen molar-refractivity contribution in [2.24, 2.45) is 0 Å². The van der Waals surface area contributed by atoms with Gasteiger partial charge in [-0.1, -0.05) is 6.92 Å². The fourth-order valence-corrected chi connectivity index (χ4v) is 2.91. The van der Waals surface area contributed by atoms with Gasteiger partial charge in [-0.05, 0) is 50.9 Å². The molecule has 102 valence electrons. The minimum atomic E-state index is 0.0465. The molecule has 2 N–H and O–H groups in total. The predicted molar refractivity (Wildman–Crippen MR) is 74.8 cm³/mol. The number of H-pyrrole nitrogens is 1. The summed E-state index contributed by atoms with van der Waals surface area (Å²) in [6.07, 6.45) is 2.91. The molecule has 5 nitrogen and oxygen atoms in total. The van der Waals surface area contributed by atoms with Gasteiger partial charge in [-0.15, -0.1) is 0 Å². The second kappa shape index (κ2) is 4.81. The van der Waals surface area contributed by atoms with Gasteiger partial charge in [0.2, 0.25) is 0 Å². The fraction of sp³-hybridized carbons (Fsp3) is 0.571. The summed E-state index contributed by atoms with van der Waals surface area (Å²) in [4.78, 5) is 17.0. The Hall–Kier alpha value is -1.62. The number of nitrogens with one attached hydrogen (secondary N) is 2. The summed E-state index contributed by atoms with van der Waals surface area (Å²) in [5, 5.41) is 6.55. The van der Waals surface area contributed by atoms with E-state index in [4.69, 9.17) is 0 Å². The molecule has 19 heavy (non-hydrogen) atoms. The van der Waals surface area contributed by atoms with Gasteiger partial charge < -0.3 is 5.32 Å². The number of aromatic nitrogens is 3. The third-order valence-electron chi connectivity index (χ3n) is 4.05. The molecule has 0 spiro atoms. The highest BCUT2D eigenvalue weighted by Crippen LogP contribution is 2.22. The van der Waals surface area contributed by atoms with Crippen molar-refractivity contribution in [3.05, 3.63) is 33.4 Å². The lowest BCUT2D eigenvalue weighted by molar-refractivity contribution is 0.445. The molecule has 0 bridgehead atoms. The highest BCUT2D eigenvalue weighted by Gasteiger charge is 2.19. The van der Waals surface area contributed by atoms with Crippen LogP contribution in [0, 0.1) is 6.92 Å². The number of pyridine rings is 1. The Morgan fingerprint density at radius 2 is 2.16 bits per heavy atom. The van der Waals surface area contributed by atoms with Crippen LogP contribution in [-0.4, -0.2) is 27.7 Å². The van der Waals surface area contributed by atoms with E-state index in [-0.39, 0.29) is 5.56 Å². The van der Waals surface area contributed by atoms with Gasteiger partial charge in [-0.2, -0.15) is 4.52 Å². The lowest BCUT2D eigenvalue weighted by Crippen LogP contribution is -2.27. The van der Waals surface area contributed by atoms with Gasteiger partial charge in [-0.3, -0.25) is 9.89 Å². The summed E-state index contributed by atoms with van der Waals surface area (Å²) < 4.78 is 1.60. The summed E-state index contributed by atoms with van der Waals surface area (Å²) in [6.45, 7) is 6.05. The van der Waals surface area contributed by atoms with E-state index in [9.17, 15) is 4.79 Å². The van der Waals surface area contributed by atoms with E-state index >= 15 is 0 Å². The third kappa shape index (κ3) is 2.08. The number of hydrogen-bond donors (Lipinski definition) is 2. The Bertz CT molecular complexity index is 649. The first-order valence-electron chi connectivity index (χ1n) is 7.02. The van der Waals surface area contributed by atoms with Crippen LogP contribution in [0.1, 0.15) is 42.6 Å². The van der Waals surface area contributed by atoms with Crippen LogP contribution in [-0.2, 0) is 6.42 Å². The molecule has 0 radical (unpaired) electrons. The normalized spacial score (nSPS) is 17.2. The van der Waals surface area contributed by atoms with Gasteiger partial charge in [0.1, 0.15) is 5.82 Å². The van der Waals surface area contributed by atoms with Gasteiger partial charge in [0.05, 0.1) is 0 Å². The molecule has 0 unspecified atom stereocenters. The zero-order valence-electron chi connectivity index (χ0n) is 11.5. The van der Waals surface area contributed by atoms with Gasteiger partial charge >= 0.3 is 0 Å². The van der Waals surface area contributed by atoms with E-state index < -0.39 is 0 Å². The maximum Gasteiger partial charge on any atom is 0.274 e. The summed E-state index contributed by atoms with van der Waals surface area (Å²) in [6, 6.07) is 2.00. The molecule has 0 atom stereocenters. The van der Waals surface area contributed by atoms with Crippen LogP contribution in [0.25, 0.3) is 5.65 Å². The monoisotopic (exact) mass is 260 g/mol. The second-order valence-corrected chi connectivity index (χ2v) is 5.29. The van der Waals surface area contributed by atoms with Crippen molar-refractivity contribution in [2.75, 3.05) is 13.1 Å². The summed E-state index contributed by atoms with van der Waals surface area (Å²) in [5.74, 6) is 1.39. The second-order valence-electron chi connectivity index (χ2n) is 5.29. The fourth-order valence-electron chi connectivity index (χ4n) is 2.91. The Kier molecular flexibility index (Phi) is 3.14. The number of hydrogen-bond acceptors (Lipinski definition) is 3. The van der Waals surface area contributed by atoms with Crippen molar-refractivity contribution in [1.82, 2.24) is 19.9 Å². The van der Waals surface area contributed by atoms with Crippen LogP contribution >= 0.6 is 0 Å². The highest BCUT2D eigenvalue weighted by atomic mass is 16.1. The van der Waals surface area contributed by atoms with E-state index in [0.717, 1.165) is 55.0 Å². The smallest absolute Gasteiger partial charge is 0.274 e. The Labute approximate surface area is 112 Å². The molecule has 2 aromatic rings. The van der Waals surface area contributed by atoms with Gasteiger partial charge in [-0.25, -0.2) is 4.98 Å². The summed E-state index contributed by atoms with van der Waals surface area (Å²) in [7, 11) is 0. The van der Waals surface area contributed by atoms with Gasteiger partial charge in [0, 0.05) is 11.5 Å². The van der Waals surface area contributed by atoms with Crippen LogP contribution in [0.3, 0.4) is 0 Å². The molecular weight excluding hydrogens is 240 g/mol. The van der Waals surface area contributed by atoms with Crippen molar-refractivity contribution in [2.45, 2.75) is 39.0 Å². The predicted octanol–water partition coefficient (Wildman–Crippen LogP) is 1.36. The molecule has 1 saturated heterocycles. The average molecular weight is 260 g/mol. The Morgan fingerprint density at radius 1 is 1.42 bits per heavy atom. The van der Waals surface area contributed by atoms with Crippen LogP contribution in [0.15, 0.2) is 10.9 Å². The topological polar surface area (TPSA) is 62.2 Å². The number of fused-ring (bicyclic) bond motifs is 1. The van der Waals surface area contributed by atoms with Crippen LogP contribution in [0.2, 0.25) is 0 Å². The number of piperidine rings is 1. The third-order valence-corrected chi connectivity index (χ3v) is 4.05. The Morgan fingerprint density at radius 3 is 2.84 bits per heavy atom. The molecular formula is C14H20N4O. The van der Waals surface area contributed by atoms with Crippen molar-refractivity contribution in [1.29, 1.82) is 0 Å². The molecule has 2 aromatic heterocycles. The van der Waals surface area contributed by atoms with Crippen LogP contribution in [0.5, 0.6) is 0 Å². The van der Waals surface area contributed by atoms with E-state index in [0.29, 0.717) is 5.92 Å². The zero-order chi connectivity index (χ0) is 13.4. The molecule has 1 fully saturated rings.